The van der Waals surface area contributed by atoms with Crippen LogP contribution in [0.2, 0.25) is 10.0 Å². The van der Waals surface area contributed by atoms with E-state index in [2.05, 4.69) is 15.2 Å². The van der Waals surface area contributed by atoms with Crippen molar-refractivity contribution in [2.24, 2.45) is 5.92 Å². The van der Waals surface area contributed by atoms with E-state index in [0.29, 0.717) is 29.6 Å². The molecule has 1 aliphatic heterocycles. The summed E-state index contributed by atoms with van der Waals surface area (Å²) >= 11 is 14.2. The van der Waals surface area contributed by atoms with Gasteiger partial charge in [-0.05, 0) is 58.1 Å². The van der Waals surface area contributed by atoms with Gasteiger partial charge in [0.05, 0.1) is 22.1 Å². The molecule has 4 rings (SSSR count). The Bertz CT molecular complexity index is 1120. The summed E-state index contributed by atoms with van der Waals surface area (Å²) < 4.78 is 5.40. The number of amides is 2. The highest BCUT2D eigenvalue weighted by atomic mass is 35.5. The van der Waals surface area contributed by atoms with Crippen LogP contribution in [0, 0.1) is 5.92 Å². The van der Waals surface area contributed by atoms with Crippen molar-refractivity contribution in [1.82, 2.24) is 15.2 Å². The molecule has 11 heteroatoms. The highest BCUT2D eigenvalue weighted by molar-refractivity contribution is 7.15. The molecule has 2 amide bonds. The number of anilines is 1. The molecule has 1 aliphatic carbocycles. The van der Waals surface area contributed by atoms with Crippen molar-refractivity contribution in [3.63, 3.8) is 0 Å². The van der Waals surface area contributed by atoms with Gasteiger partial charge >= 0.3 is 6.09 Å². The fourth-order valence-electron chi connectivity index (χ4n) is 4.33. The normalized spacial score (nSPS) is 18.5. The summed E-state index contributed by atoms with van der Waals surface area (Å²) in [6, 6.07) is 5.57. The number of carbonyl (C=O) groups is 2. The maximum atomic E-state index is 13.9. The van der Waals surface area contributed by atoms with Crippen molar-refractivity contribution in [2.75, 3.05) is 24.5 Å². The van der Waals surface area contributed by atoms with E-state index < -0.39 is 17.6 Å². The summed E-state index contributed by atoms with van der Waals surface area (Å²) in [5, 5.41) is 14.4. The van der Waals surface area contributed by atoms with E-state index in [-0.39, 0.29) is 24.6 Å². The Morgan fingerprint density at radius 2 is 2.05 bits per heavy atom. The number of rotatable bonds is 9. The second-order valence-electron chi connectivity index (χ2n) is 10.7. The number of nitrogens with zero attached hydrogens (tertiary/aromatic N) is 3. The molecule has 2 atom stereocenters. The van der Waals surface area contributed by atoms with E-state index >= 15 is 0 Å². The molecule has 2 aromatic rings. The van der Waals surface area contributed by atoms with Crippen LogP contribution in [0.3, 0.4) is 0 Å². The number of thiazole rings is 1. The Hall–Kier alpha value is -2.07. The molecule has 1 aromatic heterocycles. The number of benzene rings is 1. The SMILES string of the molecule is CC(C)(C)OC(=O)NCC(Cc1cnc(N2CCC(O)C2)s1)C(=O)N(Cc1cccc(Cl)c1Cl)C1CC1. The van der Waals surface area contributed by atoms with Crippen LogP contribution >= 0.6 is 34.5 Å². The van der Waals surface area contributed by atoms with Crippen molar-refractivity contribution in [1.29, 1.82) is 0 Å². The number of hydrogen-bond acceptors (Lipinski definition) is 7. The zero-order valence-corrected chi connectivity index (χ0v) is 23.7. The first-order valence-electron chi connectivity index (χ1n) is 12.6. The molecular weight excluding hydrogens is 535 g/mol. The van der Waals surface area contributed by atoms with Gasteiger partial charge in [-0.25, -0.2) is 9.78 Å². The predicted octanol–water partition coefficient (Wildman–Crippen LogP) is 4.90. The maximum Gasteiger partial charge on any atom is 0.407 e. The molecular formula is C26H34Cl2N4O4S. The quantitative estimate of drug-likeness (QED) is 0.447. The third kappa shape index (κ3) is 7.72. The van der Waals surface area contributed by atoms with Crippen LogP contribution in [0.15, 0.2) is 24.4 Å². The lowest BCUT2D eigenvalue weighted by atomic mass is 10.0. The first kappa shape index (κ1) is 28.0. The highest BCUT2D eigenvalue weighted by Gasteiger charge is 2.37. The monoisotopic (exact) mass is 568 g/mol. The smallest absolute Gasteiger partial charge is 0.407 e. The van der Waals surface area contributed by atoms with Gasteiger partial charge in [0.15, 0.2) is 5.13 Å². The summed E-state index contributed by atoms with van der Waals surface area (Å²) in [5.74, 6) is -0.565. The third-order valence-electron chi connectivity index (χ3n) is 6.31. The van der Waals surface area contributed by atoms with Gasteiger partial charge in [-0.2, -0.15) is 0 Å². The van der Waals surface area contributed by atoms with Crippen molar-refractivity contribution in [2.45, 2.75) is 70.7 Å². The van der Waals surface area contributed by atoms with Gasteiger partial charge in [0.2, 0.25) is 5.91 Å². The molecule has 1 saturated heterocycles. The summed E-state index contributed by atoms with van der Waals surface area (Å²) in [6.07, 6.45) is 3.89. The number of nitrogens with one attached hydrogen (secondary N) is 1. The van der Waals surface area contributed by atoms with E-state index in [0.717, 1.165) is 41.4 Å². The molecule has 2 aliphatic rings. The van der Waals surface area contributed by atoms with Gasteiger partial charge < -0.3 is 25.0 Å². The van der Waals surface area contributed by atoms with Crippen LogP contribution in [-0.2, 0) is 22.5 Å². The topological polar surface area (TPSA) is 95.0 Å². The minimum absolute atomic E-state index is 0.0545. The molecule has 2 unspecified atom stereocenters. The summed E-state index contributed by atoms with van der Waals surface area (Å²) in [5.41, 5.74) is 0.153. The van der Waals surface area contributed by atoms with E-state index in [4.69, 9.17) is 27.9 Å². The number of ether oxygens (including phenoxy) is 1. The van der Waals surface area contributed by atoms with E-state index in [1.165, 1.54) is 11.3 Å². The van der Waals surface area contributed by atoms with Gasteiger partial charge in [0, 0.05) is 43.3 Å². The van der Waals surface area contributed by atoms with Crippen LogP contribution in [0.1, 0.15) is 50.5 Å². The zero-order chi connectivity index (χ0) is 26.7. The van der Waals surface area contributed by atoms with Crippen molar-refractivity contribution in [3.05, 3.63) is 44.9 Å². The summed E-state index contributed by atoms with van der Waals surface area (Å²) in [4.78, 5) is 35.7. The zero-order valence-electron chi connectivity index (χ0n) is 21.4. The van der Waals surface area contributed by atoms with Gasteiger partial charge in [-0.3, -0.25) is 4.79 Å². The minimum atomic E-state index is -0.639. The highest BCUT2D eigenvalue weighted by Crippen LogP contribution is 2.34. The van der Waals surface area contributed by atoms with Crippen LogP contribution in [0.4, 0.5) is 9.93 Å². The van der Waals surface area contributed by atoms with Crippen LogP contribution in [0.5, 0.6) is 0 Å². The number of aliphatic hydroxyl groups excluding tert-OH is 1. The molecule has 0 bridgehead atoms. The minimum Gasteiger partial charge on any atom is -0.444 e. The number of alkyl carbamates (subject to hydrolysis) is 1. The van der Waals surface area contributed by atoms with Crippen molar-refractivity contribution in [3.8, 4) is 0 Å². The number of hydrogen-bond donors (Lipinski definition) is 2. The second-order valence-corrected chi connectivity index (χ2v) is 12.6. The number of aromatic nitrogens is 1. The fraction of sp³-hybridized carbons (Fsp3) is 0.577. The standard InChI is InChI=1S/C26H34Cl2N4O4S/c1-26(2,3)36-25(35)30-12-17(11-20-13-29-24(37-20)31-10-9-19(33)15-31)23(34)32(18-7-8-18)14-16-5-4-6-21(27)22(16)28/h4-6,13,17-19,33H,7-12,14-15H2,1-3H3,(H,30,35). The lowest BCUT2D eigenvalue weighted by Gasteiger charge is -2.28. The lowest BCUT2D eigenvalue weighted by Crippen LogP contribution is -2.44. The molecule has 202 valence electrons. The van der Waals surface area contributed by atoms with Gasteiger partial charge in [-0.15, -0.1) is 11.3 Å². The average Bonchev–Trinajstić information content (AvgIpc) is 3.39. The van der Waals surface area contributed by atoms with E-state index in [1.54, 1.807) is 33.0 Å². The fourth-order valence-corrected chi connectivity index (χ4v) is 5.73. The molecule has 2 fully saturated rings. The first-order valence-corrected chi connectivity index (χ1v) is 14.2. The average molecular weight is 570 g/mol. The molecule has 2 heterocycles. The van der Waals surface area contributed by atoms with Gasteiger partial charge in [-0.1, -0.05) is 35.3 Å². The molecule has 0 spiro atoms. The maximum absolute atomic E-state index is 13.9. The van der Waals surface area contributed by atoms with Crippen molar-refractivity contribution >= 4 is 51.7 Å². The molecule has 2 N–H and O–H groups in total. The number of halogens is 2. The van der Waals surface area contributed by atoms with Gasteiger partial charge in [0.25, 0.3) is 0 Å². The number of carbonyl (C=O) groups excluding carboxylic acids is 2. The van der Waals surface area contributed by atoms with Crippen molar-refractivity contribution < 1.29 is 19.4 Å². The van der Waals surface area contributed by atoms with E-state index in [1.807, 2.05) is 17.0 Å². The molecule has 37 heavy (non-hydrogen) atoms. The van der Waals surface area contributed by atoms with Crippen LogP contribution in [0.25, 0.3) is 0 Å². The van der Waals surface area contributed by atoms with Crippen LogP contribution < -0.4 is 10.2 Å². The largest absolute Gasteiger partial charge is 0.444 e. The Morgan fingerprint density at radius 3 is 2.70 bits per heavy atom. The number of aliphatic hydroxyl groups is 1. The second kappa shape index (κ2) is 11.8. The molecule has 8 nitrogen and oxygen atoms in total. The van der Waals surface area contributed by atoms with Crippen LogP contribution in [-0.4, -0.2) is 64.4 Å². The summed E-state index contributed by atoms with van der Waals surface area (Å²) in [6.45, 7) is 7.20. The Morgan fingerprint density at radius 1 is 1.30 bits per heavy atom. The molecule has 1 saturated carbocycles. The predicted molar refractivity (Wildman–Crippen MR) is 146 cm³/mol. The summed E-state index contributed by atoms with van der Waals surface area (Å²) in [7, 11) is 0. The third-order valence-corrected chi connectivity index (χ3v) is 8.25. The van der Waals surface area contributed by atoms with E-state index in [9.17, 15) is 14.7 Å². The molecule has 1 aromatic carbocycles. The Labute approximate surface area is 231 Å². The Kier molecular flexibility index (Phi) is 8.89. The van der Waals surface area contributed by atoms with Gasteiger partial charge in [0.1, 0.15) is 5.60 Å². The first-order chi connectivity index (χ1) is 17.5. The number of β-amino-alcohol motifs (C(OH)–C–C–N with tert-alkyl or cyclic N) is 1. The lowest BCUT2D eigenvalue weighted by molar-refractivity contribution is -0.136. The Balaban J connectivity index is 1.52. The molecule has 0 radical (unpaired) electrons.